The van der Waals surface area contributed by atoms with E-state index in [2.05, 4.69) is 10.6 Å². The summed E-state index contributed by atoms with van der Waals surface area (Å²) in [4.78, 5) is 11.2. The molecule has 2 N–H and O–H groups in total. The summed E-state index contributed by atoms with van der Waals surface area (Å²) in [6.07, 6.45) is 0. The molecule has 2 unspecified atom stereocenters. The van der Waals surface area contributed by atoms with Crippen molar-refractivity contribution in [1.29, 1.82) is 0 Å². The minimum Gasteiger partial charge on any atom is -0.326 e. The second-order valence-electron chi connectivity index (χ2n) is 5.40. The Balaban J connectivity index is 2.28. The molecule has 1 saturated heterocycles. The lowest BCUT2D eigenvalue weighted by Crippen LogP contribution is -2.57. The minimum atomic E-state index is -3.53. The van der Waals surface area contributed by atoms with Crippen LogP contribution in [0.5, 0.6) is 0 Å². The van der Waals surface area contributed by atoms with Crippen molar-refractivity contribution in [2.45, 2.75) is 37.8 Å². The predicted molar refractivity (Wildman–Crippen MR) is 81.6 cm³/mol. The quantitative estimate of drug-likeness (QED) is 0.873. The summed E-state index contributed by atoms with van der Waals surface area (Å²) in [6, 6.07) is 6.09. The molecular weight excluding hydrogens is 290 g/mol. The van der Waals surface area contributed by atoms with Crippen LogP contribution in [-0.2, 0) is 14.8 Å². The van der Waals surface area contributed by atoms with E-state index in [9.17, 15) is 13.2 Å². The van der Waals surface area contributed by atoms with Gasteiger partial charge in [0.05, 0.1) is 4.90 Å². The third-order valence-electron chi connectivity index (χ3n) is 3.50. The topological polar surface area (TPSA) is 78.5 Å². The Labute approximate surface area is 125 Å². The zero-order chi connectivity index (χ0) is 15.6. The van der Waals surface area contributed by atoms with Crippen molar-refractivity contribution in [2.75, 3.05) is 18.4 Å². The first-order valence-electron chi connectivity index (χ1n) is 6.94. The Morgan fingerprint density at radius 3 is 2.19 bits per heavy atom. The molecule has 2 atom stereocenters. The Bertz CT molecular complexity index is 603. The summed E-state index contributed by atoms with van der Waals surface area (Å²) >= 11 is 0. The molecule has 21 heavy (non-hydrogen) atoms. The molecule has 6 nitrogen and oxygen atoms in total. The van der Waals surface area contributed by atoms with Gasteiger partial charge in [-0.15, -0.1) is 0 Å². The summed E-state index contributed by atoms with van der Waals surface area (Å²) in [5, 5.41) is 5.84. The highest BCUT2D eigenvalue weighted by Gasteiger charge is 2.35. The Kier molecular flexibility index (Phi) is 4.65. The monoisotopic (exact) mass is 311 g/mol. The lowest BCUT2D eigenvalue weighted by molar-refractivity contribution is -0.114. The summed E-state index contributed by atoms with van der Waals surface area (Å²) in [7, 11) is -3.53. The first kappa shape index (κ1) is 15.9. The molecule has 0 aliphatic carbocycles. The normalized spacial score (nSPS) is 23.8. The van der Waals surface area contributed by atoms with Crippen molar-refractivity contribution in [1.82, 2.24) is 9.62 Å². The number of nitrogens with one attached hydrogen (secondary N) is 2. The van der Waals surface area contributed by atoms with Gasteiger partial charge in [0.15, 0.2) is 0 Å². The van der Waals surface area contributed by atoms with Gasteiger partial charge in [-0.25, -0.2) is 8.42 Å². The van der Waals surface area contributed by atoms with Crippen molar-refractivity contribution in [3.8, 4) is 0 Å². The van der Waals surface area contributed by atoms with Gasteiger partial charge < -0.3 is 10.6 Å². The zero-order valence-electron chi connectivity index (χ0n) is 12.5. The number of carbonyl (C=O) groups is 1. The molecule has 0 saturated carbocycles. The highest BCUT2D eigenvalue weighted by atomic mass is 32.2. The molecule has 1 heterocycles. The van der Waals surface area contributed by atoms with E-state index in [0.29, 0.717) is 18.8 Å². The van der Waals surface area contributed by atoms with Gasteiger partial charge in [0, 0.05) is 37.8 Å². The number of benzene rings is 1. The zero-order valence-corrected chi connectivity index (χ0v) is 13.3. The number of anilines is 1. The average molecular weight is 311 g/mol. The molecule has 2 rings (SSSR count). The molecule has 0 bridgehead atoms. The second kappa shape index (κ2) is 6.13. The van der Waals surface area contributed by atoms with E-state index in [1.165, 1.54) is 19.1 Å². The maximum atomic E-state index is 12.8. The molecule has 1 aliphatic heterocycles. The van der Waals surface area contributed by atoms with Crippen molar-refractivity contribution < 1.29 is 13.2 Å². The predicted octanol–water partition coefficient (Wildman–Crippen LogP) is 1.02. The van der Waals surface area contributed by atoms with Gasteiger partial charge >= 0.3 is 0 Å². The van der Waals surface area contributed by atoms with Crippen molar-refractivity contribution in [3.05, 3.63) is 24.3 Å². The molecule has 116 valence electrons. The molecule has 1 aromatic rings. The van der Waals surface area contributed by atoms with Crippen LogP contribution in [-0.4, -0.2) is 43.8 Å². The van der Waals surface area contributed by atoms with E-state index < -0.39 is 10.0 Å². The molecule has 1 amide bonds. The minimum absolute atomic E-state index is 0.0891. The average Bonchev–Trinajstić information content (AvgIpc) is 2.38. The number of amides is 1. The van der Waals surface area contributed by atoms with Crippen LogP contribution in [0.25, 0.3) is 0 Å². The summed E-state index contributed by atoms with van der Waals surface area (Å²) in [6.45, 7) is 6.49. The first-order valence-corrected chi connectivity index (χ1v) is 8.38. The highest BCUT2D eigenvalue weighted by Crippen LogP contribution is 2.23. The van der Waals surface area contributed by atoms with E-state index in [1.807, 2.05) is 13.8 Å². The van der Waals surface area contributed by atoms with Crippen LogP contribution in [0, 0.1) is 0 Å². The number of piperazine rings is 1. The van der Waals surface area contributed by atoms with Crippen LogP contribution in [0.3, 0.4) is 0 Å². The van der Waals surface area contributed by atoms with Crippen LogP contribution < -0.4 is 10.6 Å². The van der Waals surface area contributed by atoms with E-state index in [1.54, 1.807) is 16.4 Å². The fourth-order valence-corrected chi connectivity index (χ4v) is 4.44. The number of rotatable bonds is 3. The number of carbonyl (C=O) groups excluding carboxylic acids is 1. The highest BCUT2D eigenvalue weighted by molar-refractivity contribution is 7.89. The number of sulfonamides is 1. The van der Waals surface area contributed by atoms with Gasteiger partial charge in [-0.3, -0.25) is 4.79 Å². The number of nitrogens with zero attached hydrogens (tertiary/aromatic N) is 1. The molecule has 1 fully saturated rings. The standard InChI is InChI=1S/C14H21N3O3S/c1-10-8-15-9-11(2)17(10)21(19,20)14-6-4-13(5-7-14)16-12(3)18/h4-7,10-11,15H,8-9H2,1-3H3,(H,16,18). The van der Waals surface area contributed by atoms with Gasteiger partial charge in [0.1, 0.15) is 0 Å². The van der Waals surface area contributed by atoms with E-state index in [-0.39, 0.29) is 22.9 Å². The van der Waals surface area contributed by atoms with E-state index in [0.717, 1.165) is 0 Å². The maximum absolute atomic E-state index is 12.8. The summed E-state index contributed by atoms with van der Waals surface area (Å²) in [5.41, 5.74) is 0.586. The number of hydrogen-bond acceptors (Lipinski definition) is 4. The van der Waals surface area contributed by atoms with Gasteiger partial charge in [0.2, 0.25) is 15.9 Å². The van der Waals surface area contributed by atoms with Crippen molar-refractivity contribution in [3.63, 3.8) is 0 Å². The fraction of sp³-hybridized carbons (Fsp3) is 0.500. The van der Waals surface area contributed by atoms with E-state index >= 15 is 0 Å². The van der Waals surface area contributed by atoms with Gasteiger partial charge in [-0.2, -0.15) is 4.31 Å². The molecule has 0 spiro atoms. The SMILES string of the molecule is CC(=O)Nc1ccc(S(=O)(=O)N2C(C)CNCC2C)cc1. The van der Waals surface area contributed by atoms with Gasteiger partial charge in [-0.1, -0.05) is 0 Å². The number of hydrogen-bond donors (Lipinski definition) is 2. The molecule has 7 heteroatoms. The van der Waals surface area contributed by atoms with Gasteiger partial charge in [0.25, 0.3) is 0 Å². The summed E-state index contributed by atoms with van der Waals surface area (Å²) in [5.74, 6) is -0.185. The molecule has 0 radical (unpaired) electrons. The lowest BCUT2D eigenvalue weighted by Gasteiger charge is -2.38. The van der Waals surface area contributed by atoms with Crippen molar-refractivity contribution in [2.24, 2.45) is 0 Å². The fourth-order valence-electron chi connectivity index (χ4n) is 2.62. The molecule has 1 aromatic carbocycles. The smallest absolute Gasteiger partial charge is 0.243 e. The molecular formula is C14H21N3O3S. The Morgan fingerprint density at radius 1 is 1.19 bits per heavy atom. The van der Waals surface area contributed by atoms with Crippen molar-refractivity contribution >= 4 is 21.6 Å². The second-order valence-corrected chi connectivity index (χ2v) is 7.24. The third-order valence-corrected chi connectivity index (χ3v) is 5.64. The lowest BCUT2D eigenvalue weighted by atomic mass is 10.2. The van der Waals surface area contributed by atoms with Gasteiger partial charge in [-0.05, 0) is 38.1 Å². The Hall–Kier alpha value is -1.44. The first-order chi connectivity index (χ1) is 9.82. The van der Waals surface area contributed by atoms with Crippen LogP contribution in [0.1, 0.15) is 20.8 Å². The summed E-state index contributed by atoms with van der Waals surface area (Å²) < 4.78 is 27.1. The third kappa shape index (κ3) is 3.42. The molecule has 0 aromatic heterocycles. The largest absolute Gasteiger partial charge is 0.326 e. The molecule has 1 aliphatic rings. The van der Waals surface area contributed by atoms with Crippen LogP contribution >= 0.6 is 0 Å². The van der Waals surface area contributed by atoms with E-state index in [4.69, 9.17) is 0 Å². The van der Waals surface area contributed by atoms with Crippen LogP contribution in [0.2, 0.25) is 0 Å². The van der Waals surface area contributed by atoms with Crippen LogP contribution in [0.4, 0.5) is 5.69 Å². The Morgan fingerprint density at radius 2 is 1.71 bits per heavy atom. The maximum Gasteiger partial charge on any atom is 0.243 e. The van der Waals surface area contributed by atoms with Crippen LogP contribution in [0.15, 0.2) is 29.2 Å².